The van der Waals surface area contributed by atoms with Crippen molar-refractivity contribution in [2.24, 2.45) is 11.8 Å². The number of tetrazole rings is 1. The Balaban J connectivity index is 1.57. The number of nitrogens with zero attached hydrogens (tertiary/aromatic N) is 8. The molecule has 0 aromatic carbocycles. The van der Waals surface area contributed by atoms with Crippen molar-refractivity contribution in [2.75, 3.05) is 11.4 Å². The number of nitrogens with one attached hydrogen (secondary N) is 1. The topological polar surface area (TPSA) is 101 Å². The quantitative estimate of drug-likeness (QED) is 0.412. The van der Waals surface area contributed by atoms with Gasteiger partial charge in [-0.3, -0.25) is 4.98 Å². The molecule has 1 atom stereocenters. The zero-order valence-electron chi connectivity index (χ0n) is 20.2. The molecular formula is C25H30ClN9. The van der Waals surface area contributed by atoms with E-state index in [1.54, 1.807) is 6.20 Å². The molecule has 9 nitrogen and oxygen atoms in total. The summed E-state index contributed by atoms with van der Waals surface area (Å²) >= 11 is 6.36. The summed E-state index contributed by atoms with van der Waals surface area (Å²) in [5.41, 5.74) is 4.22. The summed E-state index contributed by atoms with van der Waals surface area (Å²) in [4.78, 5) is 17.1. The van der Waals surface area contributed by atoms with Crippen LogP contribution in [-0.2, 0) is 6.54 Å². The number of fused-ring (bicyclic) bond motifs is 1. The first-order chi connectivity index (χ1) is 17.1. The van der Waals surface area contributed by atoms with Crippen LogP contribution in [0.25, 0.3) is 33.8 Å². The second-order valence-corrected chi connectivity index (χ2v) is 10.6. The van der Waals surface area contributed by atoms with Crippen LogP contribution in [0.1, 0.15) is 52.4 Å². The summed E-state index contributed by atoms with van der Waals surface area (Å²) in [6, 6.07) is 4.36. The van der Waals surface area contributed by atoms with Gasteiger partial charge >= 0.3 is 0 Å². The maximum atomic E-state index is 6.36. The highest BCUT2D eigenvalue weighted by Gasteiger charge is 2.30. The number of aromatic nitrogens is 8. The lowest BCUT2D eigenvalue weighted by Crippen LogP contribution is -2.30. The Morgan fingerprint density at radius 3 is 2.63 bits per heavy atom. The lowest BCUT2D eigenvalue weighted by Gasteiger charge is -2.29. The van der Waals surface area contributed by atoms with E-state index in [0.717, 1.165) is 47.2 Å². The highest BCUT2D eigenvalue weighted by atomic mass is 35.5. The van der Waals surface area contributed by atoms with E-state index in [1.807, 2.05) is 18.3 Å². The Hall–Kier alpha value is -3.07. The third kappa shape index (κ3) is 4.26. The van der Waals surface area contributed by atoms with Crippen LogP contribution in [-0.4, -0.2) is 52.7 Å². The predicted octanol–water partition coefficient (Wildman–Crippen LogP) is 5.14. The third-order valence-corrected chi connectivity index (χ3v) is 7.86. The van der Waals surface area contributed by atoms with Gasteiger partial charge in [-0.05, 0) is 67.0 Å². The number of hydrogen-bond donors (Lipinski definition) is 1. The molecule has 4 aromatic heterocycles. The lowest BCUT2D eigenvalue weighted by atomic mass is 9.83. The van der Waals surface area contributed by atoms with Gasteiger partial charge in [0.15, 0.2) is 5.82 Å². The summed E-state index contributed by atoms with van der Waals surface area (Å²) in [6.07, 6.45) is 10.9. The van der Waals surface area contributed by atoms with Crippen LogP contribution < -0.4 is 4.90 Å². The highest BCUT2D eigenvalue weighted by molar-refractivity contribution is 6.30. The van der Waals surface area contributed by atoms with Crippen LogP contribution in [0.3, 0.4) is 0 Å². The minimum absolute atomic E-state index is 0.458. The molecule has 10 heteroatoms. The molecule has 6 rings (SSSR count). The van der Waals surface area contributed by atoms with Gasteiger partial charge in [0.05, 0.1) is 21.7 Å². The van der Waals surface area contributed by atoms with Gasteiger partial charge in [0, 0.05) is 37.1 Å². The van der Waals surface area contributed by atoms with E-state index in [0.29, 0.717) is 28.5 Å². The average molecular weight is 492 g/mol. The molecule has 2 fully saturated rings. The molecule has 1 aliphatic heterocycles. The van der Waals surface area contributed by atoms with Crippen LogP contribution in [0.2, 0.25) is 5.02 Å². The molecule has 1 aliphatic carbocycles. The minimum atomic E-state index is 0.458. The van der Waals surface area contributed by atoms with E-state index >= 15 is 0 Å². The summed E-state index contributed by atoms with van der Waals surface area (Å²) < 4.78 is 2.42. The van der Waals surface area contributed by atoms with Gasteiger partial charge in [-0.25, -0.2) is 15.1 Å². The van der Waals surface area contributed by atoms with E-state index in [1.165, 1.54) is 38.5 Å². The Bertz CT molecular complexity index is 1320. The van der Waals surface area contributed by atoms with Gasteiger partial charge in [-0.1, -0.05) is 31.4 Å². The van der Waals surface area contributed by atoms with E-state index in [-0.39, 0.29) is 0 Å². The Kier molecular flexibility index (Phi) is 5.88. The minimum Gasteiger partial charge on any atom is -0.340 e. The fourth-order valence-corrected chi connectivity index (χ4v) is 5.84. The van der Waals surface area contributed by atoms with Crippen LogP contribution in [0.15, 0.2) is 24.5 Å². The SMILES string of the molecule is C[C@@H]1CCCN1c1nc2cc(-c3nnn[nH]3)nc(-c3cncc(Cl)c3)c2n1C[C@H]1CC[C@H](C)CC1. The molecule has 1 N–H and O–H groups in total. The van der Waals surface area contributed by atoms with Crippen molar-refractivity contribution < 1.29 is 0 Å². The molecule has 4 aromatic rings. The predicted molar refractivity (Wildman–Crippen MR) is 136 cm³/mol. The van der Waals surface area contributed by atoms with Crippen molar-refractivity contribution in [2.45, 2.75) is 65.0 Å². The Morgan fingerprint density at radius 1 is 1.06 bits per heavy atom. The monoisotopic (exact) mass is 491 g/mol. The van der Waals surface area contributed by atoms with Crippen molar-refractivity contribution in [1.82, 2.24) is 40.1 Å². The standard InChI is InChI=1S/C25H30ClN9/c1-15-5-7-17(8-6-15)14-35-23-20(29-25(35)34-9-3-4-16(34)2)11-21(24-30-32-33-31-24)28-22(23)18-10-19(26)13-27-12-18/h10-13,15-17H,3-9,14H2,1-2H3,(H,30,31,32,33)/t15-,16-,17-/m1/s1. The molecule has 35 heavy (non-hydrogen) atoms. The zero-order chi connectivity index (χ0) is 23.9. The van der Waals surface area contributed by atoms with Crippen molar-refractivity contribution in [3.8, 4) is 22.8 Å². The van der Waals surface area contributed by atoms with Crippen molar-refractivity contribution >= 4 is 28.6 Å². The van der Waals surface area contributed by atoms with Gasteiger partial charge in [0.1, 0.15) is 5.69 Å². The molecule has 0 amide bonds. The number of hydrogen-bond acceptors (Lipinski definition) is 7. The summed E-state index contributed by atoms with van der Waals surface area (Å²) in [7, 11) is 0. The van der Waals surface area contributed by atoms with Crippen LogP contribution >= 0.6 is 11.6 Å². The first-order valence-electron chi connectivity index (χ1n) is 12.6. The fourth-order valence-electron chi connectivity index (χ4n) is 5.67. The van der Waals surface area contributed by atoms with E-state index in [9.17, 15) is 0 Å². The van der Waals surface area contributed by atoms with Crippen molar-refractivity contribution in [3.63, 3.8) is 0 Å². The van der Waals surface area contributed by atoms with E-state index < -0.39 is 0 Å². The van der Waals surface area contributed by atoms with Crippen molar-refractivity contribution in [1.29, 1.82) is 0 Å². The number of anilines is 1. The summed E-state index contributed by atoms with van der Waals surface area (Å²) in [5, 5.41) is 15.0. The maximum absolute atomic E-state index is 6.36. The fraction of sp³-hybridized carbons (Fsp3) is 0.520. The Morgan fingerprint density at radius 2 is 1.91 bits per heavy atom. The van der Waals surface area contributed by atoms with Gasteiger partial charge in [0.25, 0.3) is 0 Å². The molecular weight excluding hydrogens is 462 g/mol. The van der Waals surface area contributed by atoms with Gasteiger partial charge in [-0.2, -0.15) is 0 Å². The van der Waals surface area contributed by atoms with Gasteiger partial charge in [-0.15, -0.1) is 5.10 Å². The smallest absolute Gasteiger partial charge is 0.206 e. The van der Waals surface area contributed by atoms with Gasteiger partial charge < -0.3 is 9.47 Å². The summed E-state index contributed by atoms with van der Waals surface area (Å²) in [6.45, 7) is 6.62. The Labute approximate surface area is 209 Å². The highest BCUT2D eigenvalue weighted by Crippen LogP contribution is 2.38. The molecule has 0 radical (unpaired) electrons. The summed E-state index contributed by atoms with van der Waals surface area (Å²) in [5.74, 6) is 2.99. The van der Waals surface area contributed by atoms with Crippen LogP contribution in [0.4, 0.5) is 5.95 Å². The number of halogens is 1. The van der Waals surface area contributed by atoms with E-state index in [4.69, 9.17) is 21.6 Å². The maximum Gasteiger partial charge on any atom is 0.206 e. The number of rotatable bonds is 5. The molecule has 0 unspecified atom stereocenters. The van der Waals surface area contributed by atoms with Crippen LogP contribution in [0, 0.1) is 11.8 Å². The first kappa shape index (κ1) is 22.4. The first-order valence-corrected chi connectivity index (χ1v) is 13.0. The van der Waals surface area contributed by atoms with E-state index in [2.05, 4.69) is 48.9 Å². The van der Waals surface area contributed by atoms with Crippen molar-refractivity contribution in [3.05, 3.63) is 29.5 Å². The number of H-pyrrole nitrogens is 1. The number of aromatic amines is 1. The second kappa shape index (κ2) is 9.18. The second-order valence-electron chi connectivity index (χ2n) is 10.2. The average Bonchev–Trinajstić information content (AvgIpc) is 3.60. The molecule has 182 valence electrons. The molecule has 0 bridgehead atoms. The molecule has 1 saturated carbocycles. The molecule has 1 saturated heterocycles. The third-order valence-electron chi connectivity index (χ3n) is 7.66. The normalized spacial score (nSPS) is 22.8. The molecule has 0 spiro atoms. The number of imidazole rings is 1. The largest absolute Gasteiger partial charge is 0.340 e. The lowest BCUT2D eigenvalue weighted by molar-refractivity contribution is 0.267. The molecule has 2 aliphatic rings. The molecule has 5 heterocycles. The zero-order valence-corrected chi connectivity index (χ0v) is 20.9. The van der Waals surface area contributed by atoms with Gasteiger partial charge in [0.2, 0.25) is 5.95 Å². The van der Waals surface area contributed by atoms with Crippen LogP contribution in [0.5, 0.6) is 0 Å². The number of pyridine rings is 2.